The Bertz CT molecular complexity index is 787. The second-order valence-corrected chi connectivity index (χ2v) is 5.99. The van der Waals surface area contributed by atoms with Crippen LogP contribution in [0.25, 0.3) is 0 Å². The topological polar surface area (TPSA) is 102 Å². The van der Waals surface area contributed by atoms with Crippen LogP contribution in [0.2, 0.25) is 0 Å². The first-order chi connectivity index (χ1) is 12.9. The maximum absolute atomic E-state index is 12.0. The van der Waals surface area contributed by atoms with E-state index in [1.54, 1.807) is 38.1 Å². The molecule has 0 saturated heterocycles. The number of ether oxygens (including phenoxy) is 3. The number of benzene rings is 2. The van der Waals surface area contributed by atoms with Crippen molar-refractivity contribution in [2.45, 2.75) is 26.1 Å². The van der Waals surface area contributed by atoms with Gasteiger partial charge in [0.2, 0.25) is 0 Å². The highest BCUT2D eigenvalue weighted by Gasteiger charge is 2.17. The fourth-order valence-electron chi connectivity index (χ4n) is 2.19. The lowest BCUT2D eigenvalue weighted by Crippen LogP contribution is -2.26. The van der Waals surface area contributed by atoms with Crippen molar-refractivity contribution in [1.29, 1.82) is 0 Å². The van der Waals surface area contributed by atoms with Crippen LogP contribution in [-0.2, 0) is 14.2 Å². The third-order valence-electron chi connectivity index (χ3n) is 3.62. The van der Waals surface area contributed by atoms with Gasteiger partial charge < -0.3 is 24.4 Å². The molecule has 144 valence electrons. The lowest BCUT2D eigenvalue weighted by Gasteiger charge is -2.18. The maximum Gasteiger partial charge on any atom is 0.342 e. The van der Waals surface area contributed by atoms with E-state index in [0.29, 0.717) is 0 Å². The Morgan fingerprint density at radius 1 is 0.815 bits per heavy atom. The molecule has 2 unspecified atom stereocenters. The van der Waals surface area contributed by atoms with E-state index in [2.05, 4.69) is 0 Å². The van der Waals surface area contributed by atoms with Gasteiger partial charge in [0.1, 0.15) is 35.3 Å². The molecule has 2 aromatic rings. The van der Waals surface area contributed by atoms with Crippen molar-refractivity contribution in [3.05, 3.63) is 59.7 Å². The fraction of sp³-hybridized carbons (Fsp3) is 0.300. The molecule has 0 aliphatic carbocycles. The van der Waals surface area contributed by atoms with E-state index in [9.17, 15) is 19.8 Å². The van der Waals surface area contributed by atoms with E-state index in [-0.39, 0.29) is 35.8 Å². The number of para-hydroxylation sites is 2. The highest BCUT2D eigenvalue weighted by molar-refractivity contribution is 5.92. The molecule has 0 aliphatic heterocycles. The van der Waals surface area contributed by atoms with Gasteiger partial charge in [-0.2, -0.15) is 0 Å². The number of rotatable bonds is 8. The molecule has 2 N–H and O–H groups in total. The largest absolute Gasteiger partial charge is 0.507 e. The summed E-state index contributed by atoms with van der Waals surface area (Å²) in [5, 5.41) is 19.3. The van der Waals surface area contributed by atoms with Crippen LogP contribution in [0.5, 0.6) is 11.5 Å². The Kier molecular flexibility index (Phi) is 7.19. The molecule has 0 fully saturated rings. The number of carbonyl (C=O) groups excluding carboxylic acids is 2. The quantitative estimate of drug-likeness (QED) is 0.685. The molecule has 0 aromatic heterocycles. The second-order valence-electron chi connectivity index (χ2n) is 5.99. The Labute approximate surface area is 157 Å². The van der Waals surface area contributed by atoms with Crippen molar-refractivity contribution in [3.63, 3.8) is 0 Å². The zero-order chi connectivity index (χ0) is 19.8. The molecule has 0 heterocycles. The molecule has 0 radical (unpaired) electrons. The van der Waals surface area contributed by atoms with Crippen LogP contribution in [0.15, 0.2) is 48.5 Å². The number of hydrogen-bond acceptors (Lipinski definition) is 7. The molecule has 7 heteroatoms. The van der Waals surface area contributed by atoms with E-state index in [1.165, 1.54) is 24.3 Å². The third kappa shape index (κ3) is 6.00. The van der Waals surface area contributed by atoms with E-state index in [4.69, 9.17) is 14.2 Å². The molecule has 0 aliphatic rings. The Morgan fingerprint density at radius 3 is 1.89 bits per heavy atom. The first-order valence-corrected chi connectivity index (χ1v) is 8.44. The minimum absolute atomic E-state index is 0.0205. The average molecular weight is 374 g/mol. The standard InChI is InChI=1S/C20H22O7/c1-13(11-26-19(23)15-7-3-5-9-17(15)21)25-12-14(2)27-20(24)16-8-4-6-10-18(16)22/h3-10,13-14,21-22H,11-12H2,1-2H3. The summed E-state index contributed by atoms with van der Waals surface area (Å²) in [7, 11) is 0. The molecule has 0 amide bonds. The van der Waals surface area contributed by atoms with Gasteiger partial charge in [0, 0.05) is 0 Å². The van der Waals surface area contributed by atoms with Crippen LogP contribution < -0.4 is 0 Å². The molecular weight excluding hydrogens is 352 g/mol. The van der Waals surface area contributed by atoms with Gasteiger partial charge in [-0.15, -0.1) is 0 Å². The Balaban J connectivity index is 1.74. The predicted molar refractivity (Wildman–Crippen MR) is 96.8 cm³/mol. The smallest absolute Gasteiger partial charge is 0.342 e. The maximum atomic E-state index is 12.0. The van der Waals surface area contributed by atoms with Crippen LogP contribution in [0.4, 0.5) is 0 Å². The van der Waals surface area contributed by atoms with Gasteiger partial charge in [-0.1, -0.05) is 24.3 Å². The van der Waals surface area contributed by atoms with Crippen molar-refractivity contribution in [3.8, 4) is 11.5 Å². The van der Waals surface area contributed by atoms with Crippen LogP contribution in [0, 0.1) is 0 Å². The van der Waals surface area contributed by atoms with Crippen molar-refractivity contribution in [1.82, 2.24) is 0 Å². The van der Waals surface area contributed by atoms with Gasteiger partial charge in [-0.05, 0) is 38.1 Å². The Hall–Kier alpha value is -3.06. The van der Waals surface area contributed by atoms with Crippen molar-refractivity contribution in [2.75, 3.05) is 13.2 Å². The van der Waals surface area contributed by atoms with Crippen molar-refractivity contribution >= 4 is 11.9 Å². The molecule has 2 aromatic carbocycles. The van der Waals surface area contributed by atoms with Crippen LogP contribution in [0.3, 0.4) is 0 Å². The van der Waals surface area contributed by atoms with Crippen molar-refractivity contribution < 1.29 is 34.0 Å². The highest BCUT2D eigenvalue weighted by atomic mass is 16.6. The van der Waals surface area contributed by atoms with Gasteiger partial charge in [0.05, 0.1) is 12.7 Å². The normalized spacial score (nSPS) is 12.8. The summed E-state index contributed by atoms with van der Waals surface area (Å²) in [6.45, 7) is 3.43. The average Bonchev–Trinajstić information content (AvgIpc) is 2.65. The number of carbonyl (C=O) groups is 2. The number of esters is 2. The predicted octanol–water partition coefficient (Wildman–Crippen LogP) is 2.91. The van der Waals surface area contributed by atoms with E-state index in [0.717, 1.165) is 0 Å². The molecule has 2 rings (SSSR count). The molecule has 7 nitrogen and oxygen atoms in total. The first kappa shape index (κ1) is 20.3. The van der Waals surface area contributed by atoms with Crippen LogP contribution in [-0.4, -0.2) is 47.6 Å². The molecule has 0 saturated carbocycles. The Morgan fingerprint density at radius 2 is 1.33 bits per heavy atom. The summed E-state index contributed by atoms with van der Waals surface area (Å²) >= 11 is 0. The summed E-state index contributed by atoms with van der Waals surface area (Å²) in [4.78, 5) is 23.9. The lowest BCUT2D eigenvalue weighted by atomic mass is 10.2. The van der Waals surface area contributed by atoms with Crippen molar-refractivity contribution in [2.24, 2.45) is 0 Å². The minimum atomic E-state index is -0.650. The zero-order valence-electron chi connectivity index (χ0n) is 15.1. The molecule has 2 atom stereocenters. The van der Waals surface area contributed by atoms with Crippen LogP contribution >= 0.6 is 0 Å². The van der Waals surface area contributed by atoms with E-state index >= 15 is 0 Å². The number of aromatic hydroxyl groups is 2. The monoisotopic (exact) mass is 374 g/mol. The van der Waals surface area contributed by atoms with Gasteiger partial charge in [0.25, 0.3) is 0 Å². The lowest BCUT2D eigenvalue weighted by molar-refractivity contribution is -0.0381. The van der Waals surface area contributed by atoms with E-state index < -0.39 is 24.1 Å². The summed E-state index contributed by atoms with van der Waals surface area (Å²) in [6.07, 6.45) is -1.00. The van der Waals surface area contributed by atoms with Gasteiger partial charge in [-0.25, -0.2) is 9.59 Å². The zero-order valence-corrected chi connectivity index (χ0v) is 15.1. The SMILES string of the molecule is CC(COC(=O)c1ccccc1O)OCC(C)OC(=O)c1ccccc1O. The van der Waals surface area contributed by atoms with Crippen LogP contribution in [0.1, 0.15) is 34.6 Å². The minimum Gasteiger partial charge on any atom is -0.507 e. The second kappa shape index (κ2) is 9.59. The summed E-state index contributed by atoms with van der Waals surface area (Å²) in [5.41, 5.74) is 0.156. The fourth-order valence-corrected chi connectivity index (χ4v) is 2.19. The summed E-state index contributed by atoms with van der Waals surface area (Å²) < 4.78 is 15.8. The summed E-state index contributed by atoms with van der Waals surface area (Å²) in [6, 6.07) is 12.2. The van der Waals surface area contributed by atoms with Gasteiger partial charge >= 0.3 is 11.9 Å². The first-order valence-electron chi connectivity index (χ1n) is 8.44. The van der Waals surface area contributed by atoms with Gasteiger partial charge in [0.15, 0.2) is 0 Å². The molecule has 0 spiro atoms. The molecular formula is C20H22O7. The van der Waals surface area contributed by atoms with Gasteiger partial charge in [-0.3, -0.25) is 0 Å². The van der Waals surface area contributed by atoms with E-state index in [1.807, 2.05) is 0 Å². The number of phenolic OH excluding ortho intramolecular Hbond substituents is 2. The summed E-state index contributed by atoms with van der Waals surface area (Å²) in [5.74, 6) is -1.61. The highest BCUT2D eigenvalue weighted by Crippen LogP contribution is 2.18. The third-order valence-corrected chi connectivity index (χ3v) is 3.62. The number of phenols is 2. The molecule has 0 bridgehead atoms. The molecule has 27 heavy (non-hydrogen) atoms. The number of hydrogen-bond donors (Lipinski definition) is 2.